The number of hydrogen-bond donors (Lipinski definition) is 0. The maximum Gasteiger partial charge on any atom is 0.303 e. The predicted molar refractivity (Wildman–Crippen MR) is 148 cm³/mol. The van der Waals surface area contributed by atoms with Crippen molar-refractivity contribution in [3.8, 4) is 16.9 Å². The predicted octanol–water partition coefficient (Wildman–Crippen LogP) is 3.68. The molecule has 1 fully saturated rings. The van der Waals surface area contributed by atoms with Crippen LogP contribution in [0.5, 0.6) is 5.75 Å². The fourth-order valence-corrected chi connectivity index (χ4v) is 4.69. The van der Waals surface area contributed by atoms with Crippen LogP contribution in [0.15, 0.2) is 62.4 Å². The minimum Gasteiger partial charge on any atom is -0.463 e. The summed E-state index contributed by atoms with van der Waals surface area (Å²) in [5, 5.41) is 0.282. The molecular weight excluding hydrogens is 620 g/mol. The average Bonchev–Trinajstić information content (AvgIpc) is 2.91. The molecule has 4 rings (SSSR count). The van der Waals surface area contributed by atoms with Crippen LogP contribution >= 0.6 is 15.9 Å². The number of carbonyl (C=O) groups is 4. The van der Waals surface area contributed by atoms with Crippen LogP contribution in [0.2, 0.25) is 0 Å². The molecule has 1 aliphatic heterocycles. The van der Waals surface area contributed by atoms with Gasteiger partial charge in [-0.2, -0.15) is 0 Å². The third-order valence-electron chi connectivity index (χ3n) is 6.10. The van der Waals surface area contributed by atoms with Crippen LogP contribution < -0.4 is 10.2 Å². The Morgan fingerprint density at radius 2 is 1.43 bits per heavy atom. The van der Waals surface area contributed by atoms with E-state index in [1.807, 2.05) is 12.1 Å². The average molecular weight is 647 g/mol. The van der Waals surface area contributed by atoms with E-state index in [4.69, 9.17) is 32.8 Å². The van der Waals surface area contributed by atoms with Crippen molar-refractivity contribution >= 4 is 50.8 Å². The van der Waals surface area contributed by atoms with Gasteiger partial charge in [-0.15, -0.1) is 0 Å². The van der Waals surface area contributed by atoms with Gasteiger partial charge in [0.1, 0.15) is 30.3 Å². The molecule has 2 heterocycles. The molecule has 0 unspecified atom stereocenters. The molecule has 3 aromatic rings. The number of fused-ring (bicyclic) bond motifs is 1. The molecule has 13 heteroatoms. The minimum absolute atomic E-state index is 0.142. The molecule has 5 atom stereocenters. The quantitative estimate of drug-likeness (QED) is 0.259. The lowest BCUT2D eigenvalue weighted by molar-refractivity contribution is -0.288. The van der Waals surface area contributed by atoms with Crippen LogP contribution in [0, 0.1) is 0 Å². The molecule has 0 aliphatic carbocycles. The lowest BCUT2D eigenvalue weighted by Crippen LogP contribution is -2.63. The van der Waals surface area contributed by atoms with Crippen molar-refractivity contribution in [1.82, 2.24) is 0 Å². The van der Waals surface area contributed by atoms with Gasteiger partial charge in [-0.1, -0.05) is 28.1 Å². The highest BCUT2D eigenvalue weighted by molar-refractivity contribution is 9.10. The van der Waals surface area contributed by atoms with Gasteiger partial charge < -0.3 is 32.8 Å². The second-order valence-corrected chi connectivity index (χ2v) is 10.2. The lowest BCUT2D eigenvalue weighted by Gasteiger charge is -2.43. The molecule has 1 saturated heterocycles. The minimum atomic E-state index is -1.43. The normalized spacial score (nSPS) is 21.7. The largest absolute Gasteiger partial charge is 0.463 e. The Morgan fingerprint density at radius 1 is 0.810 bits per heavy atom. The van der Waals surface area contributed by atoms with E-state index in [1.165, 1.54) is 31.4 Å². The zero-order valence-corrected chi connectivity index (χ0v) is 24.6. The molecule has 0 spiro atoms. The molecule has 2 aromatic carbocycles. The van der Waals surface area contributed by atoms with E-state index in [9.17, 15) is 24.0 Å². The Hall–Kier alpha value is -4.23. The van der Waals surface area contributed by atoms with Gasteiger partial charge in [0.15, 0.2) is 17.6 Å². The zero-order chi connectivity index (χ0) is 30.6. The van der Waals surface area contributed by atoms with E-state index in [2.05, 4.69) is 15.9 Å². The summed E-state index contributed by atoms with van der Waals surface area (Å²) in [5.74, 6) is -2.78. The topological polar surface area (TPSA) is 154 Å². The van der Waals surface area contributed by atoms with Crippen LogP contribution in [0.25, 0.3) is 22.1 Å². The Labute approximate surface area is 247 Å². The first-order chi connectivity index (χ1) is 19.9. The highest BCUT2D eigenvalue weighted by Crippen LogP contribution is 2.32. The van der Waals surface area contributed by atoms with Crippen molar-refractivity contribution < 1.29 is 52.0 Å². The summed E-state index contributed by atoms with van der Waals surface area (Å²) in [6.45, 7) is 4.15. The fraction of sp³-hybridized carbons (Fsp3) is 0.345. The van der Waals surface area contributed by atoms with E-state index < -0.39 is 61.2 Å². The van der Waals surface area contributed by atoms with E-state index in [0.29, 0.717) is 11.1 Å². The molecule has 1 aromatic heterocycles. The second-order valence-electron chi connectivity index (χ2n) is 9.33. The van der Waals surface area contributed by atoms with Crippen molar-refractivity contribution in [2.45, 2.75) is 58.4 Å². The fourth-order valence-electron chi connectivity index (χ4n) is 4.43. The molecule has 0 amide bonds. The number of rotatable bonds is 8. The van der Waals surface area contributed by atoms with Gasteiger partial charge >= 0.3 is 23.9 Å². The molecule has 0 radical (unpaired) electrons. The molecule has 0 saturated carbocycles. The molecule has 0 N–H and O–H groups in total. The second kappa shape index (κ2) is 13.2. The van der Waals surface area contributed by atoms with Crippen molar-refractivity contribution in [1.29, 1.82) is 0 Å². The number of carbonyl (C=O) groups excluding carboxylic acids is 4. The van der Waals surface area contributed by atoms with E-state index in [-0.39, 0.29) is 22.1 Å². The third kappa shape index (κ3) is 7.34. The van der Waals surface area contributed by atoms with Crippen LogP contribution in [-0.2, 0) is 42.9 Å². The van der Waals surface area contributed by atoms with Crippen molar-refractivity contribution in [3.05, 3.63) is 63.4 Å². The molecular formula is C29H27BrO12. The van der Waals surface area contributed by atoms with E-state index in [1.54, 1.807) is 12.1 Å². The summed E-state index contributed by atoms with van der Waals surface area (Å²) in [6.07, 6.45) is -5.39. The number of ether oxygens (including phenoxy) is 6. The van der Waals surface area contributed by atoms with Gasteiger partial charge in [0.05, 0.1) is 10.9 Å². The van der Waals surface area contributed by atoms with Crippen molar-refractivity contribution in [2.75, 3.05) is 6.61 Å². The van der Waals surface area contributed by atoms with Gasteiger partial charge in [0, 0.05) is 38.2 Å². The number of hydrogen-bond acceptors (Lipinski definition) is 12. The maximum atomic E-state index is 13.2. The number of esters is 4. The third-order valence-corrected chi connectivity index (χ3v) is 6.63. The zero-order valence-electron chi connectivity index (χ0n) is 23.0. The van der Waals surface area contributed by atoms with E-state index in [0.717, 1.165) is 25.2 Å². The maximum absolute atomic E-state index is 13.2. The Morgan fingerprint density at radius 3 is 2.05 bits per heavy atom. The highest BCUT2D eigenvalue weighted by atomic mass is 79.9. The monoisotopic (exact) mass is 646 g/mol. The molecule has 0 bridgehead atoms. The Kier molecular flexibility index (Phi) is 9.63. The van der Waals surface area contributed by atoms with Gasteiger partial charge in [-0.3, -0.25) is 24.0 Å². The summed E-state index contributed by atoms with van der Waals surface area (Å²) in [4.78, 5) is 60.7. The summed E-state index contributed by atoms with van der Waals surface area (Å²) in [6, 6.07) is 11.6. The van der Waals surface area contributed by atoms with Gasteiger partial charge in [0.25, 0.3) is 0 Å². The Balaban J connectivity index is 1.70. The van der Waals surface area contributed by atoms with Crippen molar-refractivity contribution in [3.63, 3.8) is 0 Å². The molecule has 12 nitrogen and oxygen atoms in total. The number of benzene rings is 2. The Bertz CT molecular complexity index is 1550. The lowest BCUT2D eigenvalue weighted by atomic mass is 9.98. The van der Waals surface area contributed by atoms with Gasteiger partial charge in [-0.25, -0.2) is 0 Å². The standard InChI is InChI=1S/C29H27BrO12/c1-14(31)36-13-24-26(38-15(2)32)27(39-16(3)33)28(40-17(4)34)29(42-24)41-20-9-10-21-23(11-20)37-12-22(25(21)35)18-5-7-19(30)8-6-18/h5-12,24,26-29H,13H2,1-4H3/t24-,26+,27-,28-,29+/m0/s1. The van der Waals surface area contributed by atoms with Crippen LogP contribution in [-0.4, -0.2) is 61.2 Å². The summed E-state index contributed by atoms with van der Waals surface area (Å²) in [7, 11) is 0. The smallest absolute Gasteiger partial charge is 0.303 e. The van der Waals surface area contributed by atoms with Crippen LogP contribution in [0.3, 0.4) is 0 Å². The number of halogens is 1. The summed E-state index contributed by atoms with van der Waals surface area (Å²) < 4.78 is 39.8. The van der Waals surface area contributed by atoms with Crippen molar-refractivity contribution in [2.24, 2.45) is 0 Å². The highest BCUT2D eigenvalue weighted by Gasteiger charge is 2.53. The first-order valence-electron chi connectivity index (χ1n) is 12.7. The molecule has 222 valence electrons. The van der Waals surface area contributed by atoms with E-state index >= 15 is 0 Å². The SMILES string of the molecule is CC(=O)OC[C@@H]1O[C@@H](Oc2ccc3c(=O)c(-c4ccc(Br)cc4)coc3c2)[C@@H](OC(C)=O)[C@@H](OC(C)=O)[C@@H]1OC(C)=O. The van der Waals surface area contributed by atoms with Gasteiger partial charge in [0.2, 0.25) is 12.4 Å². The summed E-state index contributed by atoms with van der Waals surface area (Å²) >= 11 is 3.37. The first kappa shape index (κ1) is 30.7. The van der Waals surface area contributed by atoms with Crippen LogP contribution in [0.1, 0.15) is 27.7 Å². The van der Waals surface area contributed by atoms with Crippen LogP contribution in [0.4, 0.5) is 0 Å². The molecule has 42 heavy (non-hydrogen) atoms. The first-order valence-corrected chi connectivity index (χ1v) is 13.5. The molecule has 1 aliphatic rings. The summed E-state index contributed by atoms with van der Waals surface area (Å²) in [5.41, 5.74) is 0.969. The van der Waals surface area contributed by atoms with Gasteiger partial charge in [-0.05, 0) is 29.8 Å².